The summed E-state index contributed by atoms with van der Waals surface area (Å²) >= 11 is 0. The predicted molar refractivity (Wildman–Crippen MR) is 95.0 cm³/mol. The van der Waals surface area contributed by atoms with E-state index in [-0.39, 0.29) is 35.6 Å². The minimum atomic E-state index is -0.753. The Hall–Kier alpha value is -2.51. The van der Waals surface area contributed by atoms with Crippen LogP contribution in [0.1, 0.15) is 51.6 Å². The van der Waals surface area contributed by atoms with Crippen molar-refractivity contribution >= 4 is 17.7 Å². The van der Waals surface area contributed by atoms with Gasteiger partial charge in [-0.25, -0.2) is 13.8 Å². The Kier molecular flexibility index (Phi) is 6.87. The molecule has 2 aliphatic rings. The van der Waals surface area contributed by atoms with Crippen LogP contribution in [0.2, 0.25) is 0 Å². The smallest absolute Gasteiger partial charge is 0.244 e. The first-order valence-electron chi connectivity index (χ1n) is 9.19. The van der Waals surface area contributed by atoms with Crippen molar-refractivity contribution in [1.29, 1.82) is 0 Å². The van der Waals surface area contributed by atoms with Crippen LogP contribution in [0.15, 0.2) is 18.2 Å². The zero-order chi connectivity index (χ0) is 20.1. The summed E-state index contributed by atoms with van der Waals surface area (Å²) in [6.45, 7) is 6.44. The highest BCUT2D eigenvalue weighted by atomic mass is 19.1. The predicted octanol–water partition coefficient (Wildman–Crippen LogP) is 2.55. The molecular formula is C19H25F2N3O3. The van der Waals surface area contributed by atoms with Crippen molar-refractivity contribution in [3.05, 3.63) is 35.4 Å². The highest BCUT2D eigenvalue weighted by Crippen LogP contribution is 2.31. The van der Waals surface area contributed by atoms with Crippen LogP contribution in [0.25, 0.3) is 0 Å². The molecular weight excluding hydrogens is 356 g/mol. The van der Waals surface area contributed by atoms with Crippen molar-refractivity contribution in [2.24, 2.45) is 5.92 Å². The van der Waals surface area contributed by atoms with Crippen molar-refractivity contribution < 1.29 is 23.2 Å². The maximum Gasteiger partial charge on any atom is 0.244 e. The number of likely N-dealkylation sites (tertiary alicyclic amines) is 1. The van der Waals surface area contributed by atoms with Gasteiger partial charge in [-0.15, -0.1) is 0 Å². The topological polar surface area (TPSA) is 69.7 Å². The molecule has 1 aromatic carbocycles. The molecule has 2 fully saturated rings. The Labute approximate surface area is 157 Å². The molecule has 1 N–H and O–H groups in total. The van der Waals surface area contributed by atoms with E-state index in [4.69, 9.17) is 0 Å². The molecule has 1 unspecified atom stereocenters. The zero-order valence-electron chi connectivity index (χ0n) is 15.8. The molecule has 2 saturated heterocycles. The number of carbonyl (C=O) groups is 3. The van der Waals surface area contributed by atoms with Gasteiger partial charge in [-0.05, 0) is 30.5 Å². The van der Waals surface area contributed by atoms with Crippen molar-refractivity contribution in [2.45, 2.75) is 46.1 Å². The van der Waals surface area contributed by atoms with Gasteiger partial charge >= 0.3 is 0 Å². The Morgan fingerprint density at radius 2 is 1.63 bits per heavy atom. The Morgan fingerprint density at radius 1 is 1.07 bits per heavy atom. The quantitative estimate of drug-likeness (QED) is 0.856. The summed E-state index contributed by atoms with van der Waals surface area (Å²) in [6.07, 6.45) is 0.949. The molecule has 0 spiro atoms. The van der Waals surface area contributed by atoms with Crippen LogP contribution in [0.3, 0.4) is 0 Å². The number of rotatable bonds is 2. The zero-order valence-corrected chi connectivity index (χ0v) is 15.8. The lowest BCUT2D eigenvalue weighted by molar-refractivity contribution is -0.145. The van der Waals surface area contributed by atoms with Crippen LogP contribution in [0.4, 0.5) is 8.78 Å². The van der Waals surface area contributed by atoms with E-state index in [2.05, 4.69) is 5.43 Å². The fourth-order valence-corrected chi connectivity index (χ4v) is 3.41. The van der Waals surface area contributed by atoms with Gasteiger partial charge in [-0.1, -0.05) is 13.8 Å². The number of carbonyl (C=O) groups excluding carboxylic acids is 3. The summed E-state index contributed by atoms with van der Waals surface area (Å²) in [5.41, 5.74) is 2.73. The number of nitrogens with one attached hydrogen (secondary N) is 1. The fourth-order valence-electron chi connectivity index (χ4n) is 3.41. The first-order chi connectivity index (χ1) is 12.8. The van der Waals surface area contributed by atoms with E-state index in [0.717, 1.165) is 18.2 Å². The van der Waals surface area contributed by atoms with E-state index in [1.54, 1.807) is 4.90 Å². The van der Waals surface area contributed by atoms with Gasteiger partial charge in [0.05, 0.1) is 12.5 Å². The summed E-state index contributed by atoms with van der Waals surface area (Å²) in [4.78, 5) is 37.6. The van der Waals surface area contributed by atoms with E-state index < -0.39 is 17.7 Å². The molecule has 3 amide bonds. The minimum Gasteiger partial charge on any atom is -0.343 e. The number of nitrogens with zero attached hydrogens (tertiary/aromatic N) is 2. The van der Waals surface area contributed by atoms with Crippen LogP contribution in [-0.2, 0) is 14.4 Å². The highest BCUT2D eigenvalue weighted by molar-refractivity contribution is 5.87. The fraction of sp³-hybridized carbons (Fsp3) is 0.526. The van der Waals surface area contributed by atoms with Crippen LogP contribution in [0, 0.1) is 17.6 Å². The molecule has 1 atom stereocenters. The monoisotopic (exact) mass is 381 g/mol. The van der Waals surface area contributed by atoms with E-state index in [1.807, 2.05) is 13.8 Å². The summed E-state index contributed by atoms with van der Waals surface area (Å²) < 4.78 is 27.0. The van der Waals surface area contributed by atoms with Gasteiger partial charge in [-0.3, -0.25) is 19.8 Å². The molecule has 0 radical (unpaired) electrons. The summed E-state index contributed by atoms with van der Waals surface area (Å²) in [6, 6.07) is 2.27. The van der Waals surface area contributed by atoms with Gasteiger partial charge in [0.2, 0.25) is 17.7 Å². The molecule has 1 aromatic rings. The van der Waals surface area contributed by atoms with E-state index in [0.29, 0.717) is 25.9 Å². The average Bonchev–Trinajstić information content (AvgIpc) is 3.04. The van der Waals surface area contributed by atoms with E-state index >= 15 is 0 Å². The average molecular weight is 381 g/mol. The lowest BCUT2D eigenvalue weighted by Crippen LogP contribution is -2.47. The molecule has 8 heteroatoms. The first kappa shape index (κ1) is 20.8. The van der Waals surface area contributed by atoms with E-state index in [9.17, 15) is 23.2 Å². The van der Waals surface area contributed by atoms with Gasteiger partial charge in [0.15, 0.2) is 0 Å². The number of amides is 3. The Balaban J connectivity index is 0.00000126. The van der Waals surface area contributed by atoms with Crippen LogP contribution >= 0.6 is 0 Å². The molecule has 6 nitrogen and oxygen atoms in total. The van der Waals surface area contributed by atoms with Gasteiger partial charge in [0, 0.05) is 32.0 Å². The lowest BCUT2D eigenvalue weighted by atomic mass is 9.94. The first-order valence-corrected chi connectivity index (χ1v) is 9.19. The maximum atomic E-state index is 13.5. The molecule has 0 bridgehead atoms. The van der Waals surface area contributed by atoms with Crippen molar-refractivity contribution in [1.82, 2.24) is 15.3 Å². The lowest BCUT2D eigenvalue weighted by Gasteiger charge is -2.34. The van der Waals surface area contributed by atoms with Gasteiger partial charge in [0.1, 0.15) is 11.6 Å². The van der Waals surface area contributed by atoms with Crippen molar-refractivity contribution in [3.8, 4) is 0 Å². The molecule has 148 valence electrons. The molecule has 0 aromatic heterocycles. The van der Waals surface area contributed by atoms with Crippen molar-refractivity contribution in [2.75, 3.05) is 13.1 Å². The number of piperidine rings is 1. The van der Waals surface area contributed by atoms with Gasteiger partial charge in [0.25, 0.3) is 0 Å². The molecule has 2 heterocycles. The van der Waals surface area contributed by atoms with Gasteiger partial charge in [-0.2, -0.15) is 0 Å². The SMILES string of the molecule is CC.CC(=O)N1CCC(C(=O)N2NC(=O)CC2c2cc(F)cc(F)c2)CC1. The van der Waals surface area contributed by atoms with Crippen molar-refractivity contribution in [3.63, 3.8) is 0 Å². The van der Waals surface area contributed by atoms with Crippen LogP contribution in [-0.4, -0.2) is 40.7 Å². The summed E-state index contributed by atoms with van der Waals surface area (Å²) in [7, 11) is 0. The van der Waals surface area contributed by atoms with Crippen LogP contribution < -0.4 is 5.43 Å². The molecule has 2 aliphatic heterocycles. The number of hydrogen-bond acceptors (Lipinski definition) is 3. The largest absolute Gasteiger partial charge is 0.343 e. The third-order valence-electron chi connectivity index (χ3n) is 4.73. The highest BCUT2D eigenvalue weighted by Gasteiger charge is 2.39. The maximum absolute atomic E-state index is 13.5. The number of hydrogen-bond donors (Lipinski definition) is 1. The second-order valence-electron chi connectivity index (χ2n) is 6.45. The van der Waals surface area contributed by atoms with E-state index in [1.165, 1.54) is 11.9 Å². The number of halogens is 2. The Bertz CT molecular complexity index is 698. The third-order valence-corrected chi connectivity index (χ3v) is 4.73. The number of hydrazine groups is 1. The standard InChI is InChI=1S/C17H19F2N3O3.C2H6/c1-10(23)21-4-2-11(3-5-21)17(25)22-15(9-16(24)20-22)12-6-13(18)8-14(19)7-12;1-2/h6-8,11,15H,2-5,9H2,1H3,(H,20,24);1-2H3. The molecule has 27 heavy (non-hydrogen) atoms. The third kappa shape index (κ3) is 4.81. The van der Waals surface area contributed by atoms with Crippen LogP contribution in [0.5, 0.6) is 0 Å². The summed E-state index contributed by atoms with van der Waals surface area (Å²) in [5, 5.41) is 1.19. The van der Waals surface area contributed by atoms with Gasteiger partial charge < -0.3 is 4.90 Å². The number of benzene rings is 1. The molecule has 0 saturated carbocycles. The second-order valence-corrected chi connectivity index (χ2v) is 6.45. The second kappa shape index (κ2) is 8.92. The minimum absolute atomic E-state index is 0.0338. The Morgan fingerprint density at radius 3 is 2.15 bits per heavy atom. The molecule has 3 rings (SSSR count). The normalized spacial score (nSPS) is 20.0. The summed E-state index contributed by atoms with van der Waals surface area (Å²) in [5.74, 6) is -2.54. The molecule has 0 aliphatic carbocycles.